The van der Waals surface area contributed by atoms with Gasteiger partial charge in [0.05, 0.1) is 22.2 Å². The van der Waals surface area contributed by atoms with Crippen LogP contribution in [0.4, 0.5) is 0 Å². The van der Waals surface area contributed by atoms with Gasteiger partial charge in [-0.05, 0) is 54.4 Å². The van der Waals surface area contributed by atoms with Crippen molar-refractivity contribution in [3.05, 3.63) is 90.0 Å². The van der Waals surface area contributed by atoms with Gasteiger partial charge in [0.2, 0.25) is 0 Å². The highest BCUT2D eigenvalue weighted by molar-refractivity contribution is 6.13. The zero-order valence-electron chi connectivity index (χ0n) is 17.0. The second-order valence-electron chi connectivity index (χ2n) is 7.43. The van der Waals surface area contributed by atoms with E-state index >= 15 is 0 Å². The van der Waals surface area contributed by atoms with Gasteiger partial charge in [0.25, 0.3) is 5.91 Å². The Morgan fingerprint density at radius 3 is 2.50 bits per heavy atom. The summed E-state index contributed by atoms with van der Waals surface area (Å²) in [6.07, 6.45) is 0. The van der Waals surface area contributed by atoms with Crippen LogP contribution in [0.15, 0.2) is 78.9 Å². The molecule has 0 saturated carbocycles. The van der Waals surface area contributed by atoms with Gasteiger partial charge in [-0.15, -0.1) is 0 Å². The minimum atomic E-state index is -0.819. The predicted octanol–water partition coefficient (Wildman–Crippen LogP) is 4.56. The van der Waals surface area contributed by atoms with Gasteiger partial charge in [0.15, 0.2) is 0 Å². The first-order chi connectivity index (χ1) is 15.4. The van der Waals surface area contributed by atoms with Crippen LogP contribution in [0.5, 0.6) is 0 Å². The molecular formula is C25H16N2O5. The van der Waals surface area contributed by atoms with E-state index in [1.54, 1.807) is 28.8 Å². The summed E-state index contributed by atoms with van der Waals surface area (Å²) in [5.41, 5.74) is 4.67. The van der Waals surface area contributed by atoms with E-state index < -0.39 is 11.9 Å². The van der Waals surface area contributed by atoms with E-state index in [1.165, 1.54) is 6.92 Å². The molecule has 1 aliphatic rings. The monoisotopic (exact) mass is 424 g/mol. The number of imidazole rings is 1. The van der Waals surface area contributed by atoms with Gasteiger partial charge in [0, 0.05) is 11.1 Å². The topological polar surface area (TPSA) is 87.5 Å². The quantitative estimate of drug-likeness (QED) is 0.240. The van der Waals surface area contributed by atoms with E-state index in [9.17, 15) is 14.4 Å². The molecule has 2 heterocycles. The number of benzene rings is 3. The van der Waals surface area contributed by atoms with Crippen LogP contribution in [0, 0.1) is 0 Å². The molecule has 156 valence electrons. The molecule has 3 aromatic carbocycles. The number of fused-ring (bicyclic) bond motifs is 5. The fourth-order valence-electron chi connectivity index (χ4n) is 3.65. The van der Waals surface area contributed by atoms with Gasteiger partial charge < -0.3 is 0 Å². The van der Waals surface area contributed by atoms with Gasteiger partial charge >= 0.3 is 11.9 Å². The summed E-state index contributed by atoms with van der Waals surface area (Å²) >= 11 is 0. The zero-order chi connectivity index (χ0) is 22.4. The van der Waals surface area contributed by atoms with Gasteiger partial charge in [-0.25, -0.2) is 24.3 Å². The maximum atomic E-state index is 12.9. The molecule has 0 radical (unpaired) electrons. The molecule has 0 spiro atoms. The lowest BCUT2D eigenvalue weighted by Gasteiger charge is -2.07. The van der Waals surface area contributed by atoms with E-state index in [0.29, 0.717) is 11.4 Å². The molecule has 4 aromatic rings. The Balaban J connectivity index is 1.49. The van der Waals surface area contributed by atoms with Gasteiger partial charge in [-0.2, -0.15) is 0 Å². The van der Waals surface area contributed by atoms with Gasteiger partial charge in [0.1, 0.15) is 5.82 Å². The number of hydrogen-bond acceptors (Lipinski definition) is 6. The van der Waals surface area contributed by atoms with Crippen LogP contribution in [-0.4, -0.2) is 27.4 Å². The molecule has 0 N–H and O–H groups in total. The van der Waals surface area contributed by atoms with E-state index in [4.69, 9.17) is 0 Å². The third kappa shape index (κ3) is 3.07. The lowest BCUT2D eigenvalue weighted by Crippen LogP contribution is -2.11. The average molecular weight is 424 g/mol. The smallest absolute Gasteiger partial charge is 0.268 e. The standard InChI is InChI=1S/C25H16N2O5/c1-14(2)24(29)31-32-25(30)17-7-5-6-15(12-17)16-10-11-18-19(13-16)22-26-20-8-3-4-9-21(20)27(22)23(18)28/h3-13H,1H2,2H3. The summed E-state index contributed by atoms with van der Waals surface area (Å²) in [4.78, 5) is 50.3. The van der Waals surface area contributed by atoms with Crippen molar-refractivity contribution in [2.75, 3.05) is 0 Å². The highest BCUT2D eigenvalue weighted by atomic mass is 17.2. The first-order valence-corrected chi connectivity index (χ1v) is 9.80. The Bertz CT molecular complexity index is 1460. The van der Waals surface area contributed by atoms with E-state index in [1.807, 2.05) is 42.5 Å². The molecule has 32 heavy (non-hydrogen) atoms. The van der Waals surface area contributed by atoms with E-state index in [2.05, 4.69) is 21.3 Å². The van der Waals surface area contributed by atoms with Crippen molar-refractivity contribution < 1.29 is 24.2 Å². The van der Waals surface area contributed by atoms with Crippen LogP contribution < -0.4 is 0 Å². The first-order valence-electron chi connectivity index (χ1n) is 9.80. The molecule has 7 nitrogen and oxygen atoms in total. The summed E-state index contributed by atoms with van der Waals surface area (Å²) < 4.78 is 1.62. The lowest BCUT2D eigenvalue weighted by atomic mass is 9.98. The van der Waals surface area contributed by atoms with Crippen LogP contribution in [0.25, 0.3) is 33.5 Å². The van der Waals surface area contributed by atoms with Crippen molar-refractivity contribution in [1.82, 2.24) is 9.55 Å². The molecule has 0 bridgehead atoms. The molecule has 0 unspecified atom stereocenters. The minimum Gasteiger partial charge on any atom is -0.268 e. The summed E-state index contributed by atoms with van der Waals surface area (Å²) in [5, 5.41) is 0. The summed E-state index contributed by atoms with van der Waals surface area (Å²) in [5.74, 6) is -1.15. The number of carbonyl (C=O) groups excluding carboxylic acids is 3. The van der Waals surface area contributed by atoms with Gasteiger partial charge in [-0.3, -0.25) is 9.36 Å². The normalized spacial score (nSPS) is 11.7. The van der Waals surface area contributed by atoms with Crippen LogP contribution in [0.2, 0.25) is 0 Å². The first kappa shape index (κ1) is 19.4. The predicted molar refractivity (Wildman–Crippen MR) is 117 cm³/mol. The largest absolute Gasteiger partial charge is 0.386 e. The highest BCUT2D eigenvalue weighted by Gasteiger charge is 2.30. The minimum absolute atomic E-state index is 0.116. The van der Waals surface area contributed by atoms with Crippen molar-refractivity contribution in [1.29, 1.82) is 0 Å². The van der Waals surface area contributed by atoms with Crippen LogP contribution >= 0.6 is 0 Å². The van der Waals surface area contributed by atoms with Crippen molar-refractivity contribution >= 4 is 28.9 Å². The van der Waals surface area contributed by atoms with E-state index in [-0.39, 0.29) is 17.0 Å². The van der Waals surface area contributed by atoms with E-state index in [0.717, 1.165) is 27.7 Å². The molecule has 1 aliphatic heterocycles. The third-order valence-corrected chi connectivity index (χ3v) is 5.23. The highest BCUT2D eigenvalue weighted by Crippen LogP contribution is 2.37. The molecule has 7 heteroatoms. The maximum Gasteiger partial charge on any atom is 0.386 e. The SMILES string of the molecule is C=C(C)C(=O)OOC(=O)c1cccc(-c2ccc3c(c2)-c2nc4ccccc4n2C3=O)c1. The number of nitrogens with zero attached hydrogens (tertiary/aromatic N) is 2. The maximum absolute atomic E-state index is 12.9. The fraction of sp³-hybridized carbons (Fsp3) is 0.0400. The second kappa shape index (κ2) is 7.31. The number of rotatable bonds is 3. The number of hydrogen-bond donors (Lipinski definition) is 0. The summed E-state index contributed by atoms with van der Waals surface area (Å²) in [6.45, 7) is 4.87. The molecule has 0 fully saturated rings. The Morgan fingerprint density at radius 2 is 1.69 bits per heavy atom. The van der Waals surface area contributed by atoms with Crippen LogP contribution in [0.1, 0.15) is 27.6 Å². The van der Waals surface area contributed by atoms with Crippen molar-refractivity contribution in [3.63, 3.8) is 0 Å². The summed E-state index contributed by atoms with van der Waals surface area (Å²) in [7, 11) is 0. The van der Waals surface area contributed by atoms with Crippen LogP contribution in [-0.2, 0) is 14.6 Å². The fourth-order valence-corrected chi connectivity index (χ4v) is 3.65. The number of para-hydroxylation sites is 2. The van der Waals surface area contributed by atoms with Crippen LogP contribution in [0.3, 0.4) is 0 Å². The second-order valence-corrected chi connectivity index (χ2v) is 7.43. The Kier molecular flexibility index (Phi) is 4.44. The molecular weight excluding hydrogens is 408 g/mol. The van der Waals surface area contributed by atoms with Gasteiger partial charge in [-0.1, -0.05) is 36.9 Å². The van der Waals surface area contributed by atoms with Crippen molar-refractivity contribution in [2.24, 2.45) is 0 Å². The molecule has 5 rings (SSSR count). The zero-order valence-corrected chi connectivity index (χ0v) is 17.0. The Labute approximate surface area is 182 Å². The van der Waals surface area contributed by atoms with Crippen molar-refractivity contribution in [3.8, 4) is 22.5 Å². The number of aromatic nitrogens is 2. The molecule has 0 atom stereocenters. The molecule has 0 saturated heterocycles. The molecule has 1 aromatic heterocycles. The lowest BCUT2D eigenvalue weighted by molar-refractivity contribution is -0.229. The average Bonchev–Trinajstić information content (AvgIpc) is 3.32. The van der Waals surface area contributed by atoms with Crippen molar-refractivity contribution in [2.45, 2.75) is 6.92 Å². The number of carbonyl (C=O) groups is 3. The molecule has 0 amide bonds. The Hall–Kier alpha value is -4.52. The molecule has 0 aliphatic carbocycles. The third-order valence-electron chi connectivity index (χ3n) is 5.23. The summed E-state index contributed by atoms with van der Waals surface area (Å²) in [6, 6.07) is 19.6. The Morgan fingerprint density at radius 1 is 0.906 bits per heavy atom.